The summed E-state index contributed by atoms with van der Waals surface area (Å²) in [6.07, 6.45) is 16.6. The zero-order chi connectivity index (χ0) is 13.8. The summed E-state index contributed by atoms with van der Waals surface area (Å²) in [7, 11) is 0. The molecule has 1 unspecified atom stereocenters. The first-order chi connectivity index (χ1) is 8.60. The molecule has 0 aromatic rings. The normalized spacial score (nSPS) is 15.4. The second-order valence-electron chi connectivity index (χ2n) is 5.55. The molecule has 0 heterocycles. The van der Waals surface area contributed by atoms with Crippen molar-refractivity contribution in [1.29, 1.82) is 0 Å². The van der Waals surface area contributed by atoms with Crippen molar-refractivity contribution in [1.82, 2.24) is 0 Å². The van der Waals surface area contributed by atoms with Crippen LogP contribution in [0.15, 0.2) is 35.5 Å². The van der Waals surface area contributed by atoms with Crippen molar-refractivity contribution in [3.63, 3.8) is 0 Å². The number of hydrogen-bond acceptors (Lipinski definition) is 0. The van der Waals surface area contributed by atoms with E-state index in [2.05, 4.69) is 58.9 Å². The minimum atomic E-state index is 0.868. The molecule has 0 saturated carbocycles. The fourth-order valence-electron chi connectivity index (χ4n) is 2.10. The van der Waals surface area contributed by atoms with Gasteiger partial charge < -0.3 is 0 Å². The third-order valence-corrected chi connectivity index (χ3v) is 3.24. The summed E-state index contributed by atoms with van der Waals surface area (Å²) < 4.78 is 0. The van der Waals surface area contributed by atoms with Crippen molar-refractivity contribution >= 4 is 0 Å². The molecule has 0 rings (SSSR count). The Hall–Kier alpha value is -0.780. The lowest BCUT2D eigenvalue weighted by Crippen LogP contribution is -1.94. The van der Waals surface area contributed by atoms with E-state index in [9.17, 15) is 0 Å². The van der Waals surface area contributed by atoms with Gasteiger partial charge in [0.25, 0.3) is 0 Å². The van der Waals surface area contributed by atoms with Crippen LogP contribution in [0, 0.1) is 5.92 Å². The number of hydrogen-bond donors (Lipinski definition) is 0. The maximum absolute atomic E-state index is 2.37. The van der Waals surface area contributed by atoms with Gasteiger partial charge in [-0.15, -0.1) is 0 Å². The van der Waals surface area contributed by atoms with E-state index in [1.807, 2.05) is 0 Å². The molecule has 18 heavy (non-hydrogen) atoms. The summed E-state index contributed by atoms with van der Waals surface area (Å²) in [6, 6.07) is 0. The van der Waals surface area contributed by atoms with Gasteiger partial charge in [-0.3, -0.25) is 0 Å². The highest BCUT2D eigenvalue weighted by Gasteiger charge is 2.00. The molecule has 0 saturated heterocycles. The average Bonchev–Trinajstić information content (AvgIpc) is 2.32. The van der Waals surface area contributed by atoms with Gasteiger partial charge in [-0.1, -0.05) is 75.5 Å². The van der Waals surface area contributed by atoms with Gasteiger partial charge in [-0.25, -0.2) is 0 Å². The van der Waals surface area contributed by atoms with E-state index in [-0.39, 0.29) is 0 Å². The third kappa shape index (κ3) is 10.4. The van der Waals surface area contributed by atoms with E-state index in [0.717, 1.165) is 5.92 Å². The first-order valence-corrected chi connectivity index (χ1v) is 7.60. The molecule has 0 aliphatic heterocycles. The molecule has 0 fully saturated rings. The van der Waals surface area contributed by atoms with Crippen LogP contribution >= 0.6 is 0 Å². The van der Waals surface area contributed by atoms with E-state index in [1.54, 1.807) is 0 Å². The summed E-state index contributed by atoms with van der Waals surface area (Å²) in [4.78, 5) is 0. The highest BCUT2D eigenvalue weighted by molar-refractivity contribution is 5.24. The average molecular weight is 248 g/mol. The Balaban J connectivity index is 4.07. The molecule has 0 aliphatic carbocycles. The SMILES string of the molecule is CCCC=CC=C(C)C=C(C)CCC(C)CCC. The lowest BCUT2D eigenvalue weighted by atomic mass is 9.97. The highest BCUT2D eigenvalue weighted by Crippen LogP contribution is 2.17. The van der Waals surface area contributed by atoms with E-state index >= 15 is 0 Å². The van der Waals surface area contributed by atoms with Crippen molar-refractivity contribution in [2.45, 2.75) is 73.1 Å². The van der Waals surface area contributed by atoms with Gasteiger partial charge in [-0.2, -0.15) is 0 Å². The topological polar surface area (TPSA) is 0 Å². The van der Waals surface area contributed by atoms with Gasteiger partial charge in [0.1, 0.15) is 0 Å². The van der Waals surface area contributed by atoms with Crippen molar-refractivity contribution in [2.24, 2.45) is 5.92 Å². The first kappa shape index (κ1) is 17.2. The highest BCUT2D eigenvalue weighted by atomic mass is 14.1. The van der Waals surface area contributed by atoms with Crippen LogP contribution in [-0.4, -0.2) is 0 Å². The molecule has 0 aromatic heterocycles. The molecule has 0 spiro atoms. The van der Waals surface area contributed by atoms with Crippen molar-refractivity contribution < 1.29 is 0 Å². The minimum Gasteiger partial charge on any atom is -0.0845 e. The van der Waals surface area contributed by atoms with Gasteiger partial charge in [-0.05, 0) is 39.0 Å². The van der Waals surface area contributed by atoms with E-state index < -0.39 is 0 Å². The maximum atomic E-state index is 2.37. The fraction of sp³-hybridized carbons (Fsp3) is 0.667. The Bertz CT molecular complexity index is 278. The molecular weight excluding hydrogens is 216 g/mol. The molecule has 0 amide bonds. The van der Waals surface area contributed by atoms with Crippen molar-refractivity contribution in [3.05, 3.63) is 35.5 Å². The molecule has 0 aliphatic rings. The zero-order valence-corrected chi connectivity index (χ0v) is 13.1. The Morgan fingerprint density at radius 1 is 1.06 bits per heavy atom. The Kier molecular flexibility index (Phi) is 10.8. The molecule has 0 aromatic carbocycles. The summed E-state index contributed by atoms with van der Waals surface area (Å²) in [5, 5.41) is 0. The van der Waals surface area contributed by atoms with E-state index in [4.69, 9.17) is 0 Å². The predicted octanol–water partition coefficient (Wildman–Crippen LogP) is 6.45. The van der Waals surface area contributed by atoms with Crippen LogP contribution in [0.5, 0.6) is 0 Å². The lowest BCUT2D eigenvalue weighted by Gasteiger charge is -2.09. The van der Waals surface area contributed by atoms with Gasteiger partial charge in [0.15, 0.2) is 0 Å². The summed E-state index contributed by atoms with van der Waals surface area (Å²) >= 11 is 0. The van der Waals surface area contributed by atoms with Crippen LogP contribution in [0.2, 0.25) is 0 Å². The van der Waals surface area contributed by atoms with E-state index in [0.29, 0.717) is 0 Å². The van der Waals surface area contributed by atoms with Gasteiger partial charge in [0.2, 0.25) is 0 Å². The van der Waals surface area contributed by atoms with Crippen LogP contribution in [0.4, 0.5) is 0 Å². The van der Waals surface area contributed by atoms with E-state index in [1.165, 1.54) is 49.7 Å². The van der Waals surface area contributed by atoms with Crippen LogP contribution in [0.25, 0.3) is 0 Å². The monoisotopic (exact) mass is 248 g/mol. The third-order valence-electron chi connectivity index (χ3n) is 3.24. The minimum absolute atomic E-state index is 0.868. The summed E-state index contributed by atoms with van der Waals surface area (Å²) in [5.41, 5.74) is 2.87. The van der Waals surface area contributed by atoms with Crippen LogP contribution in [-0.2, 0) is 0 Å². The molecule has 0 N–H and O–H groups in total. The predicted molar refractivity (Wildman–Crippen MR) is 84.9 cm³/mol. The first-order valence-electron chi connectivity index (χ1n) is 7.60. The Morgan fingerprint density at radius 2 is 1.78 bits per heavy atom. The smallest absolute Gasteiger partial charge is 0.0317 e. The van der Waals surface area contributed by atoms with Gasteiger partial charge >= 0.3 is 0 Å². The van der Waals surface area contributed by atoms with Crippen LogP contribution in [0.3, 0.4) is 0 Å². The van der Waals surface area contributed by atoms with Crippen molar-refractivity contribution in [2.75, 3.05) is 0 Å². The van der Waals surface area contributed by atoms with Gasteiger partial charge in [0.05, 0.1) is 0 Å². The number of allylic oxidation sites excluding steroid dienone is 6. The Labute approximate surface area is 115 Å². The zero-order valence-electron chi connectivity index (χ0n) is 13.1. The van der Waals surface area contributed by atoms with Crippen molar-refractivity contribution in [3.8, 4) is 0 Å². The molecule has 1 atom stereocenters. The molecule has 104 valence electrons. The number of unbranched alkanes of at least 4 members (excludes halogenated alkanes) is 1. The second kappa shape index (κ2) is 11.3. The number of rotatable bonds is 9. The molecule has 0 nitrogen and oxygen atoms in total. The quantitative estimate of drug-likeness (QED) is 0.411. The lowest BCUT2D eigenvalue weighted by molar-refractivity contribution is 0.485. The fourth-order valence-corrected chi connectivity index (χ4v) is 2.10. The standard InChI is InChI=1S/C18H32/c1-6-8-9-10-12-17(4)15-18(5)14-13-16(3)11-7-2/h9-10,12,15-16H,6-8,11,13-14H2,1-5H3. The molecule has 0 radical (unpaired) electrons. The van der Waals surface area contributed by atoms with Gasteiger partial charge in [0, 0.05) is 0 Å². The van der Waals surface area contributed by atoms with Crippen LogP contribution in [0.1, 0.15) is 73.1 Å². The molecular formula is C18H32. The molecule has 0 heteroatoms. The van der Waals surface area contributed by atoms with Crippen LogP contribution < -0.4 is 0 Å². The second-order valence-corrected chi connectivity index (χ2v) is 5.55. The largest absolute Gasteiger partial charge is 0.0845 e. The summed E-state index contributed by atoms with van der Waals surface area (Å²) in [6.45, 7) is 11.3. The summed E-state index contributed by atoms with van der Waals surface area (Å²) in [5.74, 6) is 0.868. The molecule has 0 bridgehead atoms. The Morgan fingerprint density at radius 3 is 2.39 bits per heavy atom. The maximum Gasteiger partial charge on any atom is -0.0317 e.